The van der Waals surface area contributed by atoms with E-state index in [0.717, 1.165) is 22.5 Å². The molecule has 0 spiro atoms. The molecule has 0 saturated carbocycles. The minimum Gasteiger partial charge on any atom is -0.399 e. The molecule has 2 heterocycles. The molecule has 0 fully saturated rings. The van der Waals surface area contributed by atoms with Crippen LogP contribution in [-0.2, 0) is 0 Å². The van der Waals surface area contributed by atoms with Crippen molar-refractivity contribution in [2.24, 2.45) is 0 Å². The van der Waals surface area contributed by atoms with Crippen molar-refractivity contribution in [2.75, 3.05) is 11.1 Å². The van der Waals surface area contributed by atoms with E-state index >= 15 is 0 Å². The quantitative estimate of drug-likeness (QED) is 0.716. The highest BCUT2D eigenvalue weighted by Crippen LogP contribution is 2.22. The standard InChI is InChI=1S/C15H14N6/c1-10-2-3-12(16)6-14(10)21-15-19-5-4-13(20-15)11-7-17-9-18-8-11/h2-9H,16H2,1H3,(H,19,20,21). The molecule has 21 heavy (non-hydrogen) atoms. The second-order valence-electron chi connectivity index (χ2n) is 4.59. The molecule has 0 aliphatic rings. The van der Waals surface area contributed by atoms with Gasteiger partial charge >= 0.3 is 0 Å². The predicted molar refractivity (Wildman–Crippen MR) is 81.9 cm³/mol. The van der Waals surface area contributed by atoms with Crippen LogP contribution in [0.1, 0.15) is 5.56 Å². The molecule has 0 aliphatic heterocycles. The van der Waals surface area contributed by atoms with Gasteiger partial charge in [-0.25, -0.2) is 19.9 Å². The Morgan fingerprint density at radius 3 is 2.71 bits per heavy atom. The number of hydrogen-bond acceptors (Lipinski definition) is 6. The zero-order valence-corrected chi connectivity index (χ0v) is 11.5. The minimum atomic E-state index is 0.505. The molecule has 0 radical (unpaired) electrons. The Bertz CT molecular complexity index is 757. The van der Waals surface area contributed by atoms with Gasteiger partial charge in [0, 0.05) is 35.5 Å². The van der Waals surface area contributed by atoms with Crippen LogP contribution in [-0.4, -0.2) is 19.9 Å². The van der Waals surface area contributed by atoms with E-state index < -0.39 is 0 Å². The van der Waals surface area contributed by atoms with Crippen molar-refractivity contribution in [3.05, 3.63) is 54.7 Å². The second-order valence-corrected chi connectivity index (χ2v) is 4.59. The van der Waals surface area contributed by atoms with Crippen LogP contribution in [0.5, 0.6) is 0 Å². The first-order valence-corrected chi connectivity index (χ1v) is 6.44. The smallest absolute Gasteiger partial charge is 0.227 e. The second kappa shape index (κ2) is 5.54. The molecule has 1 aromatic carbocycles. The van der Waals surface area contributed by atoms with Gasteiger partial charge in [0.15, 0.2) is 0 Å². The maximum absolute atomic E-state index is 5.80. The van der Waals surface area contributed by atoms with Crippen LogP contribution in [0.2, 0.25) is 0 Å². The van der Waals surface area contributed by atoms with Crippen LogP contribution in [0, 0.1) is 6.92 Å². The minimum absolute atomic E-state index is 0.505. The number of nitrogen functional groups attached to an aromatic ring is 1. The monoisotopic (exact) mass is 278 g/mol. The molecule has 0 atom stereocenters. The summed E-state index contributed by atoms with van der Waals surface area (Å²) in [4.78, 5) is 16.7. The molecule has 0 bridgehead atoms. The zero-order valence-electron chi connectivity index (χ0n) is 11.5. The van der Waals surface area contributed by atoms with Gasteiger partial charge in [0.25, 0.3) is 0 Å². The van der Waals surface area contributed by atoms with Crippen molar-refractivity contribution >= 4 is 17.3 Å². The van der Waals surface area contributed by atoms with Gasteiger partial charge in [-0.1, -0.05) is 6.07 Å². The molecule has 0 amide bonds. The van der Waals surface area contributed by atoms with Gasteiger partial charge in [-0.05, 0) is 30.7 Å². The maximum Gasteiger partial charge on any atom is 0.227 e. The molecule has 0 unspecified atom stereocenters. The summed E-state index contributed by atoms with van der Waals surface area (Å²) < 4.78 is 0. The third kappa shape index (κ3) is 2.94. The van der Waals surface area contributed by atoms with Crippen molar-refractivity contribution in [3.63, 3.8) is 0 Å². The summed E-state index contributed by atoms with van der Waals surface area (Å²) in [7, 11) is 0. The normalized spacial score (nSPS) is 10.3. The third-order valence-electron chi connectivity index (χ3n) is 3.02. The first-order valence-electron chi connectivity index (χ1n) is 6.44. The molecule has 3 rings (SSSR count). The van der Waals surface area contributed by atoms with E-state index in [0.29, 0.717) is 11.6 Å². The van der Waals surface area contributed by atoms with Crippen LogP contribution < -0.4 is 11.1 Å². The fourth-order valence-electron chi connectivity index (χ4n) is 1.91. The highest BCUT2D eigenvalue weighted by Gasteiger charge is 2.05. The molecule has 3 aromatic rings. The lowest BCUT2D eigenvalue weighted by Gasteiger charge is -2.09. The Kier molecular flexibility index (Phi) is 3.42. The van der Waals surface area contributed by atoms with Gasteiger partial charge in [-0.2, -0.15) is 0 Å². The van der Waals surface area contributed by atoms with E-state index in [-0.39, 0.29) is 0 Å². The summed E-state index contributed by atoms with van der Waals surface area (Å²) in [5.41, 5.74) is 10.1. The number of nitrogens with zero attached hydrogens (tertiary/aromatic N) is 4. The van der Waals surface area contributed by atoms with Crippen LogP contribution in [0.4, 0.5) is 17.3 Å². The lowest BCUT2D eigenvalue weighted by Crippen LogP contribution is -2.00. The van der Waals surface area contributed by atoms with Gasteiger partial charge in [0.1, 0.15) is 6.33 Å². The summed E-state index contributed by atoms with van der Waals surface area (Å²) >= 11 is 0. The number of benzene rings is 1. The molecular formula is C15H14N6. The molecule has 0 aliphatic carbocycles. The summed E-state index contributed by atoms with van der Waals surface area (Å²) in [5, 5.41) is 3.18. The Morgan fingerprint density at radius 2 is 1.90 bits per heavy atom. The number of anilines is 3. The highest BCUT2D eigenvalue weighted by atomic mass is 15.1. The van der Waals surface area contributed by atoms with E-state index in [1.807, 2.05) is 31.2 Å². The fourth-order valence-corrected chi connectivity index (χ4v) is 1.91. The van der Waals surface area contributed by atoms with Crippen molar-refractivity contribution in [1.29, 1.82) is 0 Å². The number of aromatic nitrogens is 4. The fraction of sp³-hybridized carbons (Fsp3) is 0.0667. The number of aryl methyl sites for hydroxylation is 1. The van der Waals surface area contributed by atoms with E-state index in [2.05, 4.69) is 25.3 Å². The molecule has 2 aromatic heterocycles. The molecule has 104 valence electrons. The molecule has 6 nitrogen and oxygen atoms in total. The van der Waals surface area contributed by atoms with Crippen molar-refractivity contribution in [2.45, 2.75) is 6.92 Å². The van der Waals surface area contributed by atoms with Crippen LogP contribution >= 0.6 is 0 Å². The van der Waals surface area contributed by atoms with Gasteiger partial charge in [-0.3, -0.25) is 0 Å². The van der Waals surface area contributed by atoms with E-state index in [9.17, 15) is 0 Å². The first-order chi connectivity index (χ1) is 10.2. The number of nitrogens with two attached hydrogens (primary N) is 1. The Morgan fingerprint density at radius 1 is 1.10 bits per heavy atom. The zero-order chi connectivity index (χ0) is 14.7. The summed E-state index contributed by atoms with van der Waals surface area (Å²) in [6.07, 6.45) is 6.61. The van der Waals surface area contributed by atoms with Gasteiger partial charge in [0.05, 0.1) is 5.69 Å². The summed E-state index contributed by atoms with van der Waals surface area (Å²) in [6.45, 7) is 2.00. The lowest BCUT2D eigenvalue weighted by atomic mass is 10.2. The summed E-state index contributed by atoms with van der Waals surface area (Å²) in [5.74, 6) is 0.505. The number of nitrogens with one attached hydrogen (secondary N) is 1. The highest BCUT2D eigenvalue weighted by molar-refractivity contribution is 5.65. The van der Waals surface area contributed by atoms with E-state index in [4.69, 9.17) is 5.73 Å². The Balaban J connectivity index is 1.92. The van der Waals surface area contributed by atoms with Crippen LogP contribution in [0.15, 0.2) is 49.2 Å². The van der Waals surface area contributed by atoms with E-state index in [1.165, 1.54) is 6.33 Å². The van der Waals surface area contributed by atoms with Crippen molar-refractivity contribution in [3.8, 4) is 11.3 Å². The molecule has 6 heteroatoms. The van der Waals surface area contributed by atoms with Gasteiger partial charge in [-0.15, -0.1) is 0 Å². The van der Waals surface area contributed by atoms with Crippen molar-refractivity contribution < 1.29 is 0 Å². The topological polar surface area (TPSA) is 89.6 Å². The van der Waals surface area contributed by atoms with Gasteiger partial charge in [0.2, 0.25) is 5.95 Å². The Hall–Kier alpha value is -3.02. The average molecular weight is 278 g/mol. The Labute approximate surface area is 122 Å². The average Bonchev–Trinajstić information content (AvgIpc) is 2.52. The first kappa shape index (κ1) is 13.0. The number of hydrogen-bond donors (Lipinski definition) is 2. The van der Waals surface area contributed by atoms with Crippen LogP contribution in [0.3, 0.4) is 0 Å². The largest absolute Gasteiger partial charge is 0.399 e. The number of rotatable bonds is 3. The van der Waals surface area contributed by atoms with Gasteiger partial charge < -0.3 is 11.1 Å². The van der Waals surface area contributed by atoms with Crippen LogP contribution in [0.25, 0.3) is 11.3 Å². The SMILES string of the molecule is Cc1ccc(N)cc1Nc1nccc(-c2cncnc2)n1. The molecular weight excluding hydrogens is 264 g/mol. The third-order valence-corrected chi connectivity index (χ3v) is 3.02. The predicted octanol–water partition coefficient (Wildman–Crippen LogP) is 2.57. The lowest BCUT2D eigenvalue weighted by molar-refractivity contribution is 1.13. The maximum atomic E-state index is 5.80. The van der Waals surface area contributed by atoms with E-state index in [1.54, 1.807) is 18.6 Å². The summed E-state index contributed by atoms with van der Waals surface area (Å²) in [6, 6.07) is 7.48. The molecule has 0 saturated heterocycles. The van der Waals surface area contributed by atoms with Crippen molar-refractivity contribution in [1.82, 2.24) is 19.9 Å². The molecule has 3 N–H and O–H groups in total.